The molecule has 0 saturated carbocycles. The highest BCUT2D eigenvalue weighted by Gasteiger charge is 2.25. The van der Waals surface area contributed by atoms with Crippen LogP contribution in [0.15, 0.2) is 6.07 Å². The van der Waals surface area contributed by atoms with Crippen molar-refractivity contribution in [3.63, 3.8) is 0 Å². The monoisotopic (exact) mass is 519 g/mol. The first-order valence-electron chi connectivity index (χ1n) is 13.1. The number of nitrogens with zero attached hydrogens (tertiary/aromatic N) is 7. The normalized spacial score (nSPS) is 17.9. The standard InChI is InChI=1S/C27H37N9O2/c1-8-28-26-19-9-10-21-20-11-22(29-18(5)25(20)31-30-21)24-17(4)32-35(7)27(24)38-16(3)12-34(6)13-23(19)36(33-26)15(2)14-37/h9-11,15-16,37H,8,12-14H2,1-7H3,(H,28,33)(H,30,31)/b10-9+. The first kappa shape index (κ1) is 25.9. The van der Waals surface area contributed by atoms with Crippen LogP contribution in [0.25, 0.3) is 34.3 Å². The third-order valence-corrected chi connectivity index (χ3v) is 6.97. The molecule has 0 saturated heterocycles. The van der Waals surface area contributed by atoms with Crippen molar-refractivity contribution in [1.82, 2.24) is 39.6 Å². The van der Waals surface area contributed by atoms with Gasteiger partial charge in [-0.15, -0.1) is 0 Å². The largest absolute Gasteiger partial charge is 0.473 e. The highest BCUT2D eigenvalue weighted by Crippen LogP contribution is 2.36. The summed E-state index contributed by atoms with van der Waals surface area (Å²) in [5.74, 6) is 1.48. The average molecular weight is 520 g/mol. The van der Waals surface area contributed by atoms with E-state index in [0.29, 0.717) is 19.0 Å². The van der Waals surface area contributed by atoms with Crippen molar-refractivity contribution in [2.24, 2.45) is 7.05 Å². The number of aliphatic hydroxyl groups excluding tert-OH is 1. The molecule has 5 heterocycles. The molecule has 38 heavy (non-hydrogen) atoms. The van der Waals surface area contributed by atoms with E-state index in [1.54, 1.807) is 4.68 Å². The summed E-state index contributed by atoms with van der Waals surface area (Å²) in [6, 6.07) is 1.89. The molecule has 5 rings (SSSR count). The van der Waals surface area contributed by atoms with Crippen LogP contribution in [-0.2, 0) is 13.6 Å². The van der Waals surface area contributed by atoms with Crippen LogP contribution in [0.2, 0.25) is 0 Å². The summed E-state index contributed by atoms with van der Waals surface area (Å²) in [5, 5.41) is 31.6. The van der Waals surface area contributed by atoms with Crippen LogP contribution in [0, 0.1) is 13.8 Å². The molecule has 0 amide bonds. The molecular weight excluding hydrogens is 482 g/mol. The molecule has 202 valence electrons. The Labute approximate surface area is 222 Å². The van der Waals surface area contributed by atoms with Gasteiger partial charge in [0.15, 0.2) is 5.82 Å². The molecule has 0 fully saturated rings. The fraction of sp³-hybridized carbons (Fsp3) is 0.481. The number of nitrogens with one attached hydrogen (secondary N) is 2. The van der Waals surface area contributed by atoms with E-state index in [-0.39, 0.29) is 18.8 Å². The maximum absolute atomic E-state index is 9.98. The molecule has 0 spiro atoms. The molecule has 4 aromatic rings. The van der Waals surface area contributed by atoms with Crippen molar-refractivity contribution in [2.75, 3.05) is 32.1 Å². The summed E-state index contributed by atoms with van der Waals surface area (Å²) in [5.41, 5.74) is 7.10. The molecule has 4 aromatic heterocycles. The maximum atomic E-state index is 9.98. The predicted molar refractivity (Wildman–Crippen MR) is 149 cm³/mol. The number of ether oxygens (including phenoxy) is 1. The van der Waals surface area contributed by atoms with Gasteiger partial charge in [0.1, 0.15) is 11.6 Å². The zero-order valence-electron chi connectivity index (χ0n) is 23.2. The molecule has 1 aliphatic rings. The lowest BCUT2D eigenvalue weighted by Crippen LogP contribution is -2.32. The summed E-state index contributed by atoms with van der Waals surface area (Å²) in [7, 11) is 3.97. The second-order valence-corrected chi connectivity index (χ2v) is 10.2. The lowest BCUT2D eigenvalue weighted by molar-refractivity contribution is 0.145. The Bertz CT molecular complexity index is 1500. The number of pyridine rings is 1. The topological polar surface area (TPSA) is 122 Å². The molecule has 0 aromatic carbocycles. The number of rotatable bonds is 4. The van der Waals surface area contributed by atoms with Crippen LogP contribution in [0.4, 0.5) is 5.82 Å². The van der Waals surface area contributed by atoms with Gasteiger partial charge >= 0.3 is 0 Å². The molecule has 2 unspecified atom stereocenters. The Morgan fingerprint density at radius 1 is 1.21 bits per heavy atom. The van der Waals surface area contributed by atoms with E-state index in [1.165, 1.54) is 0 Å². The SMILES string of the molecule is CCNc1nn(C(C)CO)c2c1/C=C/c1[nH]nc3c(C)nc(cc13)-c1c(C)nn(C)c1OC(C)CN(C)C2. The van der Waals surface area contributed by atoms with Crippen molar-refractivity contribution >= 4 is 28.9 Å². The van der Waals surface area contributed by atoms with E-state index in [1.807, 2.05) is 38.6 Å². The minimum atomic E-state index is -0.169. The number of aromatic nitrogens is 7. The molecular formula is C27H37N9O2. The van der Waals surface area contributed by atoms with Crippen molar-refractivity contribution in [2.45, 2.75) is 53.3 Å². The Morgan fingerprint density at radius 3 is 2.74 bits per heavy atom. The second kappa shape index (κ2) is 10.2. The Balaban J connectivity index is 1.75. The molecule has 3 N–H and O–H groups in total. The van der Waals surface area contributed by atoms with E-state index in [4.69, 9.17) is 14.8 Å². The summed E-state index contributed by atoms with van der Waals surface area (Å²) >= 11 is 0. The Kier molecular flexibility index (Phi) is 6.97. The maximum Gasteiger partial charge on any atom is 0.221 e. The minimum Gasteiger partial charge on any atom is -0.473 e. The summed E-state index contributed by atoms with van der Waals surface area (Å²) < 4.78 is 10.2. The fourth-order valence-electron chi connectivity index (χ4n) is 5.22. The highest BCUT2D eigenvalue weighted by atomic mass is 16.5. The lowest BCUT2D eigenvalue weighted by Gasteiger charge is -2.24. The third kappa shape index (κ3) is 4.56. The number of aliphatic hydroxyl groups is 1. The van der Waals surface area contributed by atoms with Gasteiger partial charge in [-0.3, -0.25) is 19.7 Å². The quantitative estimate of drug-likeness (QED) is 0.374. The third-order valence-electron chi connectivity index (χ3n) is 6.97. The zero-order chi connectivity index (χ0) is 27.1. The van der Waals surface area contributed by atoms with Gasteiger partial charge < -0.3 is 15.2 Å². The Hall–Kier alpha value is -3.70. The van der Waals surface area contributed by atoms with Gasteiger partial charge in [-0.25, -0.2) is 4.68 Å². The average Bonchev–Trinajstić information content (AvgIpc) is 3.51. The number of anilines is 1. The van der Waals surface area contributed by atoms with E-state index < -0.39 is 0 Å². The van der Waals surface area contributed by atoms with Gasteiger partial charge in [-0.2, -0.15) is 15.3 Å². The van der Waals surface area contributed by atoms with Gasteiger partial charge in [0.2, 0.25) is 5.88 Å². The summed E-state index contributed by atoms with van der Waals surface area (Å²) in [6.07, 6.45) is 4.01. The van der Waals surface area contributed by atoms with E-state index in [0.717, 1.165) is 62.9 Å². The van der Waals surface area contributed by atoms with Crippen molar-refractivity contribution in [3.8, 4) is 17.1 Å². The fourth-order valence-corrected chi connectivity index (χ4v) is 5.22. The predicted octanol–water partition coefficient (Wildman–Crippen LogP) is 3.54. The van der Waals surface area contributed by atoms with Crippen LogP contribution in [0.5, 0.6) is 5.88 Å². The van der Waals surface area contributed by atoms with E-state index >= 15 is 0 Å². The van der Waals surface area contributed by atoms with E-state index in [9.17, 15) is 5.11 Å². The number of aromatic amines is 1. The summed E-state index contributed by atoms with van der Waals surface area (Å²) in [6.45, 7) is 12.1. The van der Waals surface area contributed by atoms with Crippen LogP contribution in [0.1, 0.15) is 55.2 Å². The number of hydrogen-bond acceptors (Lipinski definition) is 8. The van der Waals surface area contributed by atoms with Crippen LogP contribution in [-0.4, -0.2) is 77.6 Å². The van der Waals surface area contributed by atoms with Crippen LogP contribution in [0.3, 0.4) is 0 Å². The molecule has 0 aliphatic carbocycles. The summed E-state index contributed by atoms with van der Waals surface area (Å²) in [4.78, 5) is 7.11. The van der Waals surface area contributed by atoms with Crippen molar-refractivity contribution in [3.05, 3.63) is 34.4 Å². The lowest BCUT2D eigenvalue weighted by atomic mass is 10.1. The van der Waals surface area contributed by atoms with Crippen LogP contribution < -0.4 is 10.1 Å². The van der Waals surface area contributed by atoms with Crippen molar-refractivity contribution in [1.29, 1.82) is 0 Å². The number of fused-ring (bicyclic) bond motifs is 4. The number of aryl methyl sites for hydroxylation is 3. The first-order valence-corrected chi connectivity index (χ1v) is 13.1. The Morgan fingerprint density at radius 2 is 2.00 bits per heavy atom. The minimum absolute atomic E-state index is 0.00448. The molecule has 1 aliphatic heterocycles. The van der Waals surface area contributed by atoms with Crippen LogP contribution >= 0.6 is 0 Å². The van der Waals surface area contributed by atoms with Gasteiger partial charge in [0.25, 0.3) is 0 Å². The zero-order valence-corrected chi connectivity index (χ0v) is 23.2. The first-order chi connectivity index (χ1) is 18.2. The molecule has 11 nitrogen and oxygen atoms in total. The van der Waals surface area contributed by atoms with Crippen molar-refractivity contribution < 1.29 is 9.84 Å². The number of hydrogen-bond donors (Lipinski definition) is 3. The van der Waals surface area contributed by atoms with E-state index in [2.05, 4.69) is 58.6 Å². The molecule has 11 heteroatoms. The van der Waals surface area contributed by atoms with Gasteiger partial charge in [0, 0.05) is 37.6 Å². The molecule has 2 bridgehead atoms. The second-order valence-electron chi connectivity index (χ2n) is 10.2. The number of likely N-dealkylation sites (N-methyl/N-ethyl adjacent to an activating group) is 1. The molecule has 0 radical (unpaired) electrons. The number of H-pyrrole nitrogens is 1. The smallest absolute Gasteiger partial charge is 0.221 e. The highest BCUT2D eigenvalue weighted by molar-refractivity contribution is 5.94. The van der Waals surface area contributed by atoms with Gasteiger partial charge in [0.05, 0.1) is 46.7 Å². The van der Waals surface area contributed by atoms with Gasteiger partial charge in [-0.1, -0.05) is 0 Å². The molecule has 2 atom stereocenters. The van der Waals surface area contributed by atoms with Gasteiger partial charge in [-0.05, 0) is 59.9 Å².